The molecular weight excluding hydrogens is 242 g/mol. The average molecular weight is 263 g/mol. The van der Waals surface area contributed by atoms with Crippen LogP contribution in [0.3, 0.4) is 0 Å². The van der Waals surface area contributed by atoms with Crippen LogP contribution in [0.1, 0.15) is 20.3 Å². The molecule has 1 saturated heterocycles. The lowest BCUT2D eigenvalue weighted by molar-refractivity contribution is 0.0546. The standard InChI is InChI=1S/C14H21N3O2/c1-10(2)13-11(5-8-19-13)9-16-14(18)17-12-3-6-15-7-4-12/h3-4,6-7,10-11,13H,5,8-9H2,1-2H3,(H2,15,16,17,18)/t11-,13-/m1/s1. The number of hydrogen-bond donors (Lipinski definition) is 2. The quantitative estimate of drug-likeness (QED) is 0.876. The first-order valence-electron chi connectivity index (χ1n) is 6.73. The summed E-state index contributed by atoms with van der Waals surface area (Å²) in [6.45, 7) is 5.75. The Morgan fingerprint density at radius 1 is 1.47 bits per heavy atom. The topological polar surface area (TPSA) is 63.2 Å². The van der Waals surface area contributed by atoms with E-state index in [1.54, 1.807) is 24.5 Å². The lowest BCUT2D eigenvalue weighted by Gasteiger charge is -2.22. The Balaban J connectivity index is 1.77. The third-order valence-electron chi connectivity index (χ3n) is 3.38. The SMILES string of the molecule is CC(C)[C@H]1OCC[C@@H]1CNC(=O)Nc1ccncc1. The maximum Gasteiger partial charge on any atom is 0.319 e. The summed E-state index contributed by atoms with van der Waals surface area (Å²) in [5.74, 6) is 0.890. The van der Waals surface area contributed by atoms with E-state index in [4.69, 9.17) is 4.74 Å². The summed E-state index contributed by atoms with van der Waals surface area (Å²) >= 11 is 0. The van der Waals surface area contributed by atoms with Crippen LogP contribution in [0.25, 0.3) is 0 Å². The minimum Gasteiger partial charge on any atom is -0.378 e. The normalized spacial score (nSPS) is 22.5. The average Bonchev–Trinajstić information content (AvgIpc) is 2.86. The lowest BCUT2D eigenvalue weighted by Crippen LogP contribution is -2.37. The van der Waals surface area contributed by atoms with Crippen LogP contribution in [0, 0.1) is 11.8 Å². The molecule has 0 aromatic carbocycles. The number of ether oxygens (including phenoxy) is 1. The van der Waals surface area contributed by atoms with E-state index < -0.39 is 0 Å². The van der Waals surface area contributed by atoms with E-state index in [1.807, 2.05) is 0 Å². The highest BCUT2D eigenvalue weighted by molar-refractivity contribution is 5.89. The molecule has 1 aromatic rings. The van der Waals surface area contributed by atoms with E-state index in [-0.39, 0.29) is 12.1 Å². The van der Waals surface area contributed by atoms with Crippen LogP contribution in [0.4, 0.5) is 10.5 Å². The molecule has 19 heavy (non-hydrogen) atoms. The molecule has 5 nitrogen and oxygen atoms in total. The van der Waals surface area contributed by atoms with Gasteiger partial charge in [-0.25, -0.2) is 4.79 Å². The van der Waals surface area contributed by atoms with Gasteiger partial charge >= 0.3 is 6.03 Å². The van der Waals surface area contributed by atoms with Crippen molar-refractivity contribution in [1.82, 2.24) is 10.3 Å². The van der Waals surface area contributed by atoms with Gasteiger partial charge in [-0.1, -0.05) is 13.8 Å². The van der Waals surface area contributed by atoms with E-state index in [2.05, 4.69) is 29.5 Å². The summed E-state index contributed by atoms with van der Waals surface area (Å²) in [6.07, 6.45) is 4.56. The minimum absolute atomic E-state index is 0.180. The summed E-state index contributed by atoms with van der Waals surface area (Å²) in [6, 6.07) is 3.34. The molecule has 1 aliphatic rings. The molecule has 2 rings (SSSR count). The number of hydrogen-bond acceptors (Lipinski definition) is 3. The number of rotatable bonds is 4. The molecule has 2 amide bonds. The molecule has 104 valence electrons. The van der Waals surface area contributed by atoms with Crippen LogP contribution in [0.2, 0.25) is 0 Å². The van der Waals surface area contributed by atoms with E-state index in [0.29, 0.717) is 18.4 Å². The fourth-order valence-corrected chi connectivity index (χ4v) is 2.45. The van der Waals surface area contributed by atoms with Crippen molar-refractivity contribution in [1.29, 1.82) is 0 Å². The molecule has 2 atom stereocenters. The lowest BCUT2D eigenvalue weighted by atomic mass is 9.93. The summed E-state index contributed by atoms with van der Waals surface area (Å²) < 4.78 is 5.70. The molecule has 1 fully saturated rings. The Labute approximate surface area is 113 Å². The van der Waals surface area contributed by atoms with Gasteiger partial charge in [0, 0.05) is 37.2 Å². The third-order valence-corrected chi connectivity index (χ3v) is 3.38. The second kappa shape index (κ2) is 6.52. The van der Waals surface area contributed by atoms with Gasteiger partial charge in [0.25, 0.3) is 0 Å². The number of nitrogens with zero attached hydrogens (tertiary/aromatic N) is 1. The van der Waals surface area contributed by atoms with Crippen LogP contribution in [0.15, 0.2) is 24.5 Å². The number of carbonyl (C=O) groups excluding carboxylic acids is 1. The molecule has 2 N–H and O–H groups in total. The smallest absolute Gasteiger partial charge is 0.319 e. The van der Waals surface area contributed by atoms with Gasteiger partial charge in [-0.2, -0.15) is 0 Å². The van der Waals surface area contributed by atoms with Crippen LogP contribution in [0.5, 0.6) is 0 Å². The maximum absolute atomic E-state index is 11.8. The predicted molar refractivity (Wildman–Crippen MR) is 73.9 cm³/mol. The van der Waals surface area contributed by atoms with Gasteiger partial charge in [-0.05, 0) is 24.5 Å². The fraction of sp³-hybridized carbons (Fsp3) is 0.571. The van der Waals surface area contributed by atoms with Crippen molar-refractivity contribution in [3.05, 3.63) is 24.5 Å². The molecule has 0 aliphatic carbocycles. The zero-order valence-corrected chi connectivity index (χ0v) is 11.4. The van der Waals surface area contributed by atoms with Crippen molar-refractivity contribution in [2.24, 2.45) is 11.8 Å². The van der Waals surface area contributed by atoms with Crippen molar-refractivity contribution in [2.75, 3.05) is 18.5 Å². The van der Waals surface area contributed by atoms with Gasteiger partial charge in [-0.15, -0.1) is 0 Å². The molecular formula is C14H21N3O2. The van der Waals surface area contributed by atoms with Gasteiger partial charge in [0.05, 0.1) is 6.10 Å². The molecule has 1 aromatic heterocycles. The van der Waals surface area contributed by atoms with Gasteiger partial charge in [0.15, 0.2) is 0 Å². The first-order chi connectivity index (χ1) is 9.16. The number of pyridine rings is 1. The molecule has 0 radical (unpaired) electrons. The highest BCUT2D eigenvalue weighted by Crippen LogP contribution is 2.26. The van der Waals surface area contributed by atoms with E-state index in [1.165, 1.54) is 0 Å². The van der Waals surface area contributed by atoms with Gasteiger partial charge in [0.2, 0.25) is 0 Å². The highest BCUT2D eigenvalue weighted by Gasteiger charge is 2.30. The summed E-state index contributed by atoms with van der Waals surface area (Å²) in [5, 5.41) is 5.69. The van der Waals surface area contributed by atoms with Crippen LogP contribution < -0.4 is 10.6 Å². The largest absolute Gasteiger partial charge is 0.378 e. The second-order valence-corrected chi connectivity index (χ2v) is 5.20. The van der Waals surface area contributed by atoms with Crippen LogP contribution in [-0.2, 0) is 4.74 Å². The molecule has 5 heteroatoms. The maximum atomic E-state index is 11.8. The Hall–Kier alpha value is -1.62. The molecule has 0 bridgehead atoms. The number of aromatic nitrogens is 1. The third kappa shape index (κ3) is 3.92. The van der Waals surface area contributed by atoms with Gasteiger partial charge in [0.1, 0.15) is 0 Å². The molecule has 0 saturated carbocycles. The zero-order valence-electron chi connectivity index (χ0n) is 11.4. The monoisotopic (exact) mass is 263 g/mol. The summed E-state index contributed by atoms with van der Waals surface area (Å²) in [4.78, 5) is 15.7. The Kier molecular flexibility index (Phi) is 4.74. The Morgan fingerprint density at radius 3 is 2.89 bits per heavy atom. The summed E-state index contributed by atoms with van der Waals surface area (Å²) in [5.41, 5.74) is 0.746. The van der Waals surface area contributed by atoms with Crippen molar-refractivity contribution < 1.29 is 9.53 Å². The Bertz CT molecular complexity index is 408. The Morgan fingerprint density at radius 2 is 2.21 bits per heavy atom. The minimum atomic E-state index is -0.180. The number of amides is 2. The van der Waals surface area contributed by atoms with E-state index in [9.17, 15) is 4.79 Å². The molecule has 0 unspecified atom stereocenters. The molecule has 2 heterocycles. The van der Waals surface area contributed by atoms with Crippen molar-refractivity contribution in [3.8, 4) is 0 Å². The zero-order chi connectivity index (χ0) is 13.7. The van der Waals surface area contributed by atoms with Gasteiger partial charge in [-0.3, -0.25) is 4.98 Å². The number of carbonyl (C=O) groups is 1. The van der Waals surface area contributed by atoms with E-state index >= 15 is 0 Å². The second-order valence-electron chi connectivity index (χ2n) is 5.20. The van der Waals surface area contributed by atoms with Crippen LogP contribution in [-0.4, -0.2) is 30.3 Å². The van der Waals surface area contributed by atoms with E-state index in [0.717, 1.165) is 18.7 Å². The van der Waals surface area contributed by atoms with Gasteiger partial charge < -0.3 is 15.4 Å². The predicted octanol–water partition coefficient (Wildman–Crippen LogP) is 2.26. The number of urea groups is 1. The first-order valence-corrected chi connectivity index (χ1v) is 6.73. The first kappa shape index (κ1) is 13.8. The van der Waals surface area contributed by atoms with Crippen molar-refractivity contribution in [3.63, 3.8) is 0 Å². The summed E-state index contributed by atoms with van der Waals surface area (Å²) in [7, 11) is 0. The van der Waals surface area contributed by atoms with Crippen molar-refractivity contribution >= 4 is 11.7 Å². The number of nitrogens with one attached hydrogen (secondary N) is 2. The molecule has 1 aliphatic heterocycles. The highest BCUT2D eigenvalue weighted by atomic mass is 16.5. The molecule has 0 spiro atoms. The fourth-order valence-electron chi connectivity index (χ4n) is 2.45. The van der Waals surface area contributed by atoms with Crippen LogP contribution >= 0.6 is 0 Å². The number of anilines is 1. The van der Waals surface area contributed by atoms with Crippen molar-refractivity contribution in [2.45, 2.75) is 26.4 Å².